The number of nitrogens with two attached hydrogens (primary N) is 1. The van der Waals surface area contributed by atoms with Gasteiger partial charge in [0.1, 0.15) is 9.85 Å². The number of hydrogen-bond acceptors (Lipinski definition) is 12. The normalized spacial score (nSPS) is 13.0. The van der Waals surface area contributed by atoms with E-state index in [9.17, 15) is 34.9 Å². The molecular formula is C15H14N8O9. The van der Waals surface area contributed by atoms with Crippen LogP contribution in [0, 0.1) is 20.2 Å². The van der Waals surface area contributed by atoms with E-state index in [-0.39, 0.29) is 23.4 Å². The number of nitrogens with zero attached hydrogens (tertiary/aromatic N) is 6. The van der Waals surface area contributed by atoms with Crippen LogP contribution < -0.4 is 11.2 Å². The molecule has 0 fully saturated rings. The van der Waals surface area contributed by atoms with E-state index in [0.717, 1.165) is 12.3 Å². The van der Waals surface area contributed by atoms with Gasteiger partial charge in [-0.1, -0.05) is 0 Å². The number of aliphatic hydroxyl groups excluding tert-OH is 1. The number of aliphatic hydroxyl groups is 1. The van der Waals surface area contributed by atoms with Gasteiger partial charge in [-0.25, -0.2) is 15.4 Å². The fourth-order valence-corrected chi connectivity index (χ4v) is 1.89. The highest BCUT2D eigenvalue weighted by Gasteiger charge is 2.15. The molecule has 17 heteroatoms. The van der Waals surface area contributed by atoms with Crippen molar-refractivity contribution in [3.05, 3.63) is 56.0 Å². The van der Waals surface area contributed by atoms with Gasteiger partial charge in [0.05, 0.1) is 37.7 Å². The summed E-state index contributed by atoms with van der Waals surface area (Å²) >= 11 is 0. The molecule has 0 aromatic carbocycles. The van der Waals surface area contributed by atoms with Crippen LogP contribution in [0.3, 0.4) is 0 Å². The zero-order valence-corrected chi connectivity index (χ0v) is 15.9. The van der Waals surface area contributed by atoms with Gasteiger partial charge in [0, 0.05) is 0 Å². The molecule has 4 N–H and O–H groups in total. The fourth-order valence-electron chi connectivity index (χ4n) is 1.89. The minimum atomic E-state index is -1.19. The van der Waals surface area contributed by atoms with Crippen LogP contribution in [0.1, 0.15) is 11.5 Å². The monoisotopic (exact) mass is 450 g/mol. The molecule has 0 spiro atoms. The number of amidine groups is 1. The van der Waals surface area contributed by atoms with Crippen molar-refractivity contribution in [2.45, 2.75) is 0 Å². The summed E-state index contributed by atoms with van der Waals surface area (Å²) in [5, 5.41) is 38.2. The lowest BCUT2D eigenvalue weighted by Crippen LogP contribution is -2.32. The first kappa shape index (κ1) is 23.2. The number of carbonyl (C=O) groups is 2. The van der Waals surface area contributed by atoms with Crippen molar-refractivity contribution in [3.63, 3.8) is 0 Å². The van der Waals surface area contributed by atoms with Crippen LogP contribution >= 0.6 is 0 Å². The van der Waals surface area contributed by atoms with Crippen molar-refractivity contribution < 1.29 is 33.4 Å². The molecule has 168 valence electrons. The van der Waals surface area contributed by atoms with Crippen LogP contribution in [0.4, 0.5) is 11.8 Å². The maximum absolute atomic E-state index is 10.6. The predicted molar refractivity (Wildman–Crippen MR) is 105 cm³/mol. The SMILES string of the molecule is NC(=O)C(=O)N/N=C/c1ccc([N+](=O)[O-])o1.O=[N+]([O-])c1ccc(/C=N/N2CCN=C2O)o1. The Bertz CT molecular complexity index is 1100. The summed E-state index contributed by atoms with van der Waals surface area (Å²) < 4.78 is 9.52. The Morgan fingerprint density at radius 3 is 2.12 bits per heavy atom. The molecule has 0 unspecified atom stereocenters. The van der Waals surface area contributed by atoms with Gasteiger partial charge in [-0.2, -0.15) is 10.2 Å². The minimum absolute atomic E-state index is 0.0523. The van der Waals surface area contributed by atoms with Gasteiger partial charge in [0.2, 0.25) is 0 Å². The smallest absolute Gasteiger partial charge is 0.433 e. The van der Waals surface area contributed by atoms with E-state index < -0.39 is 27.5 Å². The van der Waals surface area contributed by atoms with Crippen molar-refractivity contribution in [3.8, 4) is 0 Å². The number of aliphatic imine (C=N–C) groups is 1. The fraction of sp³-hybridized carbons (Fsp3) is 0.133. The molecule has 0 aliphatic carbocycles. The van der Waals surface area contributed by atoms with Gasteiger partial charge in [0.15, 0.2) is 11.5 Å². The lowest BCUT2D eigenvalue weighted by molar-refractivity contribution is -0.402. The van der Waals surface area contributed by atoms with Gasteiger partial charge in [-0.05, 0) is 12.1 Å². The Morgan fingerprint density at radius 2 is 1.69 bits per heavy atom. The Kier molecular flexibility index (Phi) is 7.70. The van der Waals surface area contributed by atoms with E-state index in [0.29, 0.717) is 13.1 Å². The topological polar surface area (TPSA) is 245 Å². The number of nitrogens with one attached hydrogen (secondary N) is 1. The number of primary amides is 1. The lowest BCUT2D eigenvalue weighted by atomic mass is 10.5. The van der Waals surface area contributed by atoms with E-state index in [1.54, 1.807) is 5.43 Å². The average molecular weight is 450 g/mol. The van der Waals surface area contributed by atoms with E-state index in [2.05, 4.69) is 25.3 Å². The van der Waals surface area contributed by atoms with Crippen molar-refractivity contribution in [2.24, 2.45) is 20.9 Å². The molecule has 32 heavy (non-hydrogen) atoms. The van der Waals surface area contributed by atoms with Gasteiger partial charge < -0.3 is 19.7 Å². The highest BCUT2D eigenvalue weighted by atomic mass is 16.7. The summed E-state index contributed by atoms with van der Waals surface area (Å²) in [6.07, 6.45) is 2.28. The molecule has 0 saturated heterocycles. The Morgan fingerprint density at radius 1 is 1.12 bits per heavy atom. The quantitative estimate of drug-likeness (QED) is 0.228. The summed E-state index contributed by atoms with van der Waals surface area (Å²) in [4.78, 5) is 43.8. The van der Waals surface area contributed by atoms with E-state index in [1.807, 2.05) is 0 Å². The maximum Gasteiger partial charge on any atom is 0.433 e. The first-order chi connectivity index (χ1) is 15.2. The highest BCUT2D eigenvalue weighted by Crippen LogP contribution is 2.14. The standard InChI is InChI=1S/C8H8N4O4.C7H6N4O5/c13-8-9-3-4-11(8)10-5-6-1-2-7(16-6)12(14)15;8-6(12)7(13)10-9-3-4-1-2-5(16-4)11(14)15/h1-2,5H,3-4H2,(H,9,13);1-3H,(H2,8,12)(H,10,13)/b10-5+;9-3+. The first-order valence-electron chi connectivity index (χ1n) is 8.33. The molecule has 0 radical (unpaired) electrons. The summed E-state index contributed by atoms with van der Waals surface area (Å²) in [6.45, 7) is 0.951. The molecule has 3 rings (SSSR count). The molecule has 2 aromatic rings. The molecule has 2 aromatic heterocycles. The molecular weight excluding hydrogens is 436 g/mol. The number of hydrazone groups is 2. The molecule has 0 atom stereocenters. The Labute approximate surface area is 176 Å². The lowest BCUT2D eigenvalue weighted by Gasteiger charge is -2.06. The second-order valence-corrected chi connectivity index (χ2v) is 5.48. The van der Waals surface area contributed by atoms with Gasteiger partial charge in [-0.15, -0.1) is 0 Å². The summed E-state index contributed by atoms with van der Waals surface area (Å²) in [7, 11) is 0. The molecule has 0 saturated carbocycles. The van der Waals surface area contributed by atoms with Crippen LogP contribution in [-0.2, 0) is 9.59 Å². The van der Waals surface area contributed by atoms with Crippen molar-refractivity contribution >= 4 is 42.0 Å². The summed E-state index contributed by atoms with van der Waals surface area (Å²) in [5.41, 5.74) is 6.42. The van der Waals surface area contributed by atoms with Crippen LogP contribution in [-0.4, -0.2) is 63.3 Å². The van der Waals surface area contributed by atoms with Crippen molar-refractivity contribution in [1.29, 1.82) is 0 Å². The number of carbonyl (C=O) groups excluding carboxylic acids is 2. The zero-order valence-electron chi connectivity index (χ0n) is 15.9. The predicted octanol–water partition coefficient (Wildman–Crippen LogP) is -0.125. The second kappa shape index (κ2) is 10.6. The molecule has 1 aliphatic heterocycles. The third-order valence-corrected chi connectivity index (χ3v) is 3.29. The van der Waals surface area contributed by atoms with Crippen molar-refractivity contribution in [1.82, 2.24) is 10.4 Å². The van der Waals surface area contributed by atoms with Crippen molar-refractivity contribution in [2.75, 3.05) is 13.1 Å². The number of amides is 2. The number of furan rings is 2. The second-order valence-electron chi connectivity index (χ2n) is 5.48. The van der Waals surface area contributed by atoms with Crippen LogP contribution in [0.15, 0.2) is 48.3 Å². The summed E-state index contributed by atoms with van der Waals surface area (Å²) in [6, 6.07) is 4.89. The third kappa shape index (κ3) is 6.76. The molecule has 0 bridgehead atoms. The largest absolute Gasteiger partial charge is 0.479 e. The molecule has 1 aliphatic rings. The van der Waals surface area contributed by atoms with Gasteiger partial charge >= 0.3 is 29.6 Å². The zero-order chi connectivity index (χ0) is 23.7. The molecule has 2 amide bonds. The maximum atomic E-state index is 10.6. The highest BCUT2D eigenvalue weighted by molar-refractivity contribution is 6.34. The Hall–Kier alpha value is -5.09. The first-order valence-corrected chi connectivity index (χ1v) is 8.33. The third-order valence-electron chi connectivity index (χ3n) is 3.29. The van der Waals surface area contributed by atoms with Gasteiger partial charge in [-0.3, -0.25) is 29.8 Å². The summed E-state index contributed by atoms with van der Waals surface area (Å²) in [5.74, 6) is -2.80. The van der Waals surface area contributed by atoms with E-state index >= 15 is 0 Å². The van der Waals surface area contributed by atoms with E-state index in [4.69, 9.17) is 4.42 Å². The minimum Gasteiger partial charge on any atom is -0.479 e. The van der Waals surface area contributed by atoms with E-state index in [1.165, 1.54) is 29.4 Å². The molecule has 17 nitrogen and oxygen atoms in total. The average Bonchev–Trinajstić information content (AvgIpc) is 3.47. The number of nitro groups is 2. The number of rotatable bonds is 6. The van der Waals surface area contributed by atoms with Gasteiger partial charge in [0.25, 0.3) is 0 Å². The van der Waals surface area contributed by atoms with Crippen LogP contribution in [0.2, 0.25) is 0 Å². The molecule has 3 heterocycles. The van der Waals surface area contributed by atoms with Crippen LogP contribution in [0.25, 0.3) is 0 Å². The number of hydrogen-bond donors (Lipinski definition) is 3. The Balaban J connectivity index is 0.000000227. The van der Waals surface area contributed by atoms with Crippen LogP contribution in [0.5, 0.6) is 0 Å².